The van der Waals surface area contributed by atoms with Crippen LogP contribution in [-0.2, 0) is 15.8 Å². The van der Waals surface area contributed by atoms with Crippen LogP contribution in [0.3, 0.4) is 0 Å². The molecule has 3 rings (SSSR count). The molecule has 0 aromatic heterocycles. The maximum Gasteiger partial charge on any atom is 0.218 e. The Balaban J connectivity index is 1.48. The average Bonchev–Trinajstić information content (AvgIpc) is 2.63. The van der Waals surface area contributed by atoms with Crippen LogP contribution in [0.2, 0.25) is 0 Å². The summed E-state index contributed by atoms with van der Waals surface area (Å²) < 4.78 is 27.0. The Morgan fingerprint density at radius 1 is 1.04 bits per heavy atom. The van der Waals surface area contributed by atoms with Gasteiger partial charge < -0.3 is 9.80 Å². The lowest BCUT2D eigenvalue weighted by Crippen LogP contribution is -3.22. The summed E-state index contributed by atoms with van der Waals surface area (Å²) >= 11 is 0. The van der Waals surface area contributed by atoms with Gasteiger partial charge in [-0.05, 0) is 12.0 Å². The molecule has 0 aliphatic carbocycles. The molecule has 2 saturated heterocycles. The van der Waals surface area contributed by atoms with Gasteiger partial charge >= 0.3 is 0 Å². The topological polar surface area (TPSA) is 46.3 Å². The van der Waals surface area contributed by atoms with Gasteiger partial charge in [-0.2, -0.15) is 4.31 Å². The van der Waals surface area contributed by atoms with Crippen molar-refractivity contribution in [2.75, 3.05) is 45.8 Å². The molecule has 6 heteroatoms. The van der Waals surface area contributed by atoms with Gasteiger partial charge in [0.25, 0.3) is 0 Å². The van der Waals surface area contributed by atoms with Crippen molar-refractivity contribution in [2.45, 2.75) is 38.0 Å². The minimum Gasteiger partial charge on any atom is -0.335 e. The van der Waals surface area contributed by atoms with E-state index in [4.69, 9.17) is 0 Å². The minimum absolute atomic E-state index is 0.127. The molecule has 1 aromatic carbocycles. The molecule has 0 unspecified atom stereocenters. The molecule has 0 radical (unpaired) electrons. The largest absolute Gasteiger partial charge is 0.335 e. The third-order valence-electron chi connectivity index (χ3n) is 5.82. The first-order chi connectivity index (χ1) is 12.1. The van der Waals surface area contributed by atoms with Gasteiger partial charge in [-0.15, -0.1) is 0 Å². The highest BCUT2D eigenvalue weighted by molar-refractivity contribution is 7.88. The molecule has 0 bridgehead atoms. The zero-order chi connectivity index (χ0) is 17.7. The van der Waals surface area contributed by atoms with Gasteiger partial charge in [0.15, 0.2) is 0 Å². The highest BCUT2D eigenvalue weighted by Crippen LogP contribution is 2.11. The zero-order valence-electron chi connectivity index (χ0n) is 15.4. The third-order valence-corrected chi connectivity index (χ3v) is 7.67. The van der Waals surface area contributed by atoms with Gasteiger partial charge in [0.1, 0.15) is 0 Å². The molecule has 2 aliphatic heterocycles. The van der Waals surface area contributed by atoms with Crippen molar-refractivity contribution in [1.82, 2.24) is 4.31 Å². The molecule has 0 saturated carbocycles. The first-order valence-electron chi connectivity index (χ1n) is 9.78. The van der Waals surface area contributed by atoms with Crippen molar-refractivity contribution in [1.29, 1.82) is 0 Å². The third kappa shape index (κ3) is 5.03. The van der Waals surface area contributed by atoms with Crippen LogP contribution in [0.25, 0.3) is 0 Å². The van der Waals surface area contributed by atoms with Crippen LogP contribution in [0.5, 0.6) is 0 Å². The number of likely N-dealkylation sites (tertiary alicyclic amines) is 1. The molecular weight excluding hydrogens is 334 g/mol. The molecule has 5 nitrogen and oxygen atoms in total. The van der Waals surface area contributed by atoms with Crippen LogP contribution in [0.4, 0.5) is 0 Å². The molecule has 2 fully saturated rings. The van der Waals surface area contributed by atoms with E-state index in [1.807, 2.05) is 30.3 Å². The molecule has 2 heterocycles. The first kappa shape index (κ1) is 18.8. The normalized spacial score (nSPS) is 26.6. The van der Waals surface area contributed by atoms with Gasteiger partial charge in [0.05, 0.1) is 57.6 Å². The fourth-order valence-electron chi connectivity index (χ4n) is 4.37. The fourth-order valence-corrected chi connectivity index (χ4v) is 5.91. The Morgan fingerprint density at radius 3 is 2.28 bits per heavy atom. The lowest BCUT2D eigenvalue weighted by atomic mass is 10.0. The quantitative estimate of drug-likeness (QED) is 0.690. The molecule has 1 aromatic rings. The highest BCUT2D eigenvalue weighted by Gasteiger charge is 2.35. The van der Waals surface area contributed by atoms with E-state index in [0.29, 0.717) is 13.1 Å². The predicted octanol–water partition coefficient (Wildman–Crippen LogP) is -0.826. The van der Waals surface area contributed by atoms with Crippen molar-refractivity contribution in [3.8, 4) is 0 Å². The minimum atomic E-state index is -3.19. The van der Waals surface area contributed by atoms with Crippen molar-refractivity contribution >= 4 is 10.0 Å². The van der Waals surface area contributed by atoms with Crippen LogP contribution in [-0.4, -0.2) is 64.6 Å². The van der Waals surface area contributed by atoms with E-state index >= 15 is 0 Å². The lowest BCUT2D eigenvalue weighted by Gasteiger charge is -2.38. The highest BCUT2D eigenvalue weighted by atomic mass is 32.2. The van der Waals surface area contributed by atoms with Crippen LogP contribution in [0.15, 0.2) is 30.3 Å². The van der Waals surface area contributed by atoms with Gasteiger partial charge in [-0.25, -0.2) is 8.42 Å². The summed E-state index contributed by atoms with van der Waals surface area (Å²) in [5, 5.41) is 0. The number of benzene rings is 1. The number of piperazine rings is 1. The van der Waals surface area contributed by atoms with Crippen molar-refractivity contribution in [2.24, 2.45) is 0 Å². The maximum atomic E-state index is 12.7. The van der Waals surface area contributed by atoms with E-state index in [9.17, 15) is 8.42 Å². The maximum absolute atomic E-state index is 12.7. The number of nitrogens with zero attached hydrogens (tertiary/aromatic N) is 1. The summed E-state index contributed by atoms with van der Waals surface area (Å²) in [5.74, 6) is 0.127. The number of piperidine rings is 1. The fraction of sp³-hybridized carbons (Fsp3) is 0.684. The SMILES string of the molecule is CCC[NH+]1CCC([NH+]2CCN(S(=O)(=O)Cc3ccccc3)CC2)CC1. The smallest absolute Gasteiger partial charge is 0.218 e. The van der Waals surface area contributed by atoms with Crippen LogP contribution in [0, 0.1) is 0 Å². The Hall–Kier alpha value is -0.950. The summed E-state index contributed by atoms with van der Waals surface area (Å²) in [5.41, 5.74) is 0.878. The van der Waals surface area contributed by atoms with Crippen LogP contribution < -0.4 is 9.80 Å². The standard InChI is InChI=1S/C19H31N3O2S/c1-2-10-20-11-8-19(9-12-20)21-13-15-22(16-14-21)25(23,24)17-18-6-4-3-5-7-18/h3-7,19H,2,8-17H2,1H3/p+2. The van der Waals surface area contributed by atoms with E-state index in [-0.39, 0.29) is 5.75 Å². The van der Waals surface area contributed by atoms with E-state index in [1.54, 1.807) is 14.1 Å². The van der Waals surface area contributed by atoms with Crippen molar-refractivity contribution in [3.63, 3.8) is 0 Å². The predicted molar refractivity (Wildman–Crippen MR) is 100 cm³/mol. The molecule has 0 spiro atoms. The zero-order valence-corrected chi connectivity index (χ0v) is 16.2. The molecule has 0 atom stereocenters. The summed E-state index contributed by atoms with van der Waals surface area (Å²) in [6.07, 6.45) is 3.85. The number of rotatable bonds is 6. The van der Waals surface area contributed by atoms with Crippen molar-refractivity contribution < 1.29 is 18.2 Å². The molecule has 140 valence electrons. The molecule has 25 heavy (non-hydrogen) atoms. The second kappa shape index (κ2) is 8.62. The van der Waals surface area contributed by atoms with E-state index < -0.39 is 10.0 Å². The Bertz CT molecular complexity index is 619. The Kier molecular flexibility index (Phi) is 6.49. The first-order valence-corrected chi connectivity index (χ1v) is 11.4. The lowest BCUT2D eigenvalue weighted by molar-refractivity contribution is -0.959. The van der Waals surface area contributed by atoms with Crippen LogP contribution in [0.1, 0.15) is 31.7 Å². The summed E-state index contributed by atoms with van der Waals surface area (Å²) in [7, 11) is -3.19. The second-order valence-corrected chi connectivity index (χ2v) is 9.54. The van der Waals surface area contributed by atoms with E-state index in [0.717, 1.165) is 24.7 Å². The molecule has 2 aliphatic rings. The molecule has 0 amide bonds. The summed E-state index contributed by atoms with van der Waals surface area (Å²) in [6, 6.07) is 10.3. The number of hydrogen-bond donors (Lipinski definition) is 2. The molecular formula is C19H33N3O2S+2. The summed E-state index contributed by atoms with van der Waals surface area (Å²) in [6.45, 7) is 9.41. The average molecular weight is 368 g/mol. The number of quaternary nitrogens is 2. The number of sulfonamides is 1. The summed E-state index contributed by atoms with van der Waals surface area (Å²) in [4.78, 5) is 3.38. The number of hydrogen-bond acceptors (Lipinski definition) is 2. The van der Waals surface area contributed by atoms with Crippen LogP contribution >= 0.6 is 0 Å². The van der Waals surface area contributed by atoms with Crippen molar-refractivity contribution in [3.05, 3.63) is 35.9 Å². The van der Waals surface area contributed by atoms with Gasteiger partial charge in [0, 0.05) is 12.8 Å². The Labute approximate surface area is 152 Å². The Morgan fingerprint density at radius 2 is 1.68 bits per heavy atom. The molecule has 2 N–H and O–H groups in total. The van der Waals surface area contributed by atoms with E-state index in [1.165, 1.54) is 38.9 Å². The van der Waals surface area contributed by atoms with E-state index in [2.05, 4.69) is 6.92 Å². The van der Waals surface area contributed by atoms with Gasteiger partial charge in [0.2, 0.25) is 10.0 Å². The second-order valence-electron chi connectivity index (χ2n) is 7.57. The van der Waals surface area contributed by atoms with Gasteiger partial charge in [-0.3, -0.25) is 0 Å². The number of nitrogens with one attached hydrogen (secondary N) is 2. The monoisotopic (exact) mass is 367 g/mol. The van der Waals surface area contributed by atoms with Gasteiger partial charge in [-0.1, -0.05) is 37.3 Å².